The van der Waals surface area contributed by atoms with Gasteiger partial charge in [0.1, 0.15) is 5.56 Å². The molecule has 0 spiro atoms. The first kappa shape index (κ1) is 11.2. The molecule has 16 heavy (non-hydrogen) atoms. The van der Waals surface area contributed by atoms with Gasteiger partial charge in [-0.3, -0.25) is 4.79 Å². The molecule has 0 unspecified atom stereocenters. The number of pyridine rings is 1. The molecule has 6 heteroatoms. The summed E-state index contributed by atoms with van der Waals surface area (Å²) in [4.78, 5) is 15.7. The number of hydrogen-bond donors (Lipinski definition) is 2. The number of aromatic nitrogens is 2. The van der Waals surface area contributed by atoms with Gasteiger partial charge >= 0.3 is 0 Å². The fourth-order valence-electron chi connectivity index (χ4n) is 1.63. The molecule has 5 nitrogen and oxygen atoms in total. The summed E-state index contributed by atoms with van der Waals surface area (Å²) in [7, 11) is 0. The van der Waals surface area contributed by atoms with Crippen molar-refractivity contribution in [2.45, 2.75) is 13.8 Å². The molecule has 2 aromatic rings. The highest BCUT2D eigenvalue weighted by Gasteiger charge is 2.18. The van der Waals surface area contributed by atoms with E-state index in [1.165, 1.54) is 0 Å². The van der Waals surface area contributed by atoms with E-state index in [2.05, 4.69) is 27.6 Å². The molecule has 2 rings (SSSR count). The number of fused-ring (bicyclic) bond motifs is 1. The van der Waals surface area contributed by atoms with Crippen molar-refractivity contribution in [1.29, 1.82) is 0 Å². The zero-order valence-corrected chi connectivity index (χ0v) is 11.1. The smallest absolute Gasteiger partial charge is 0.254 e. The molecule has 4 N–H and O–H groups in total. The summed E-state index contributed by atoms with van der Waals surface area (Å²) in [5, 5.41) is 0. The van der Waals surface area contributed by atoms with E-state index in [0.29, 0.717) is 16.9 Å². The average molecular weight is 330 g/mol. The van der Waals surface area contributed by atoms with Gasteiger partial charge in [0.05, 0.1) is 15.0 Å². The van der Waals surface area contributed by atoms with Crippen LogP contribution >= 0.6 is 22.6 Å². The normalized spacial score (nSPS) is 10.9. The molecular formula is C10H11IN4O. The van der Waals surface area contributed by atoms with Gasteiger partial charge in [0.25, 0.3) is 5.91 Å². The standard InChI is InChI=1S/C10H11IN4O/c1-4-5(2)15-3-6(11)8(12)7(9(13)16)10(15)14-4/h3H,12H2,1-2H3,(H2,13,16). The van der Waals surface area contributed by atoms with Crippen molar-refractivity contribution in [3.8, 4) is 0 Å². The van der Waals surface area contributed by atoms with Crippen LogP contribution in [0.5, 0.6) is 0 Å². The number of carbonyl (C=O) groups is 1. The van der Waals surface area contributed by atoms with E-state index in [0.717, 1.165) is 15.0 Å². The molecule has 0 aromatic carbocycles. The average Bonchev–Trinajstić information content (AvgIpc) is 2.45. The van der Waals surface area contributed by atoms with Crippen LogP contribution in [0.25, 0.3) is 5.65 Å². The topological polar surface area (TPSA) is 86.4 Å². The van der Waals surface area contributed by atoms with Crippen LogP contribution in [0.3, 0.4) is 0 Å². The number of hydrogen-bond acceptors (Lipinski definition) is 3. The zero-order chi connectivity index (χ0) is 12.0. The van der Waals surface area contributed by atoms with Crippen molar-refractivity contribution in [3.63, 3.8) is 0 Å². The number of imidazole rings is 1. The maximum Gasteiger partial charge on any atom is 0.254 e. The lowest BCUT2D eigenvalue weighted by molar-refractivity contribution is 0.100. The number of nitrogen functional groups attached to an aromatic ring is 1. The highest BCUT2D eigenvalue weighted by atomic mass is 127. The first-order valence-corrected chi connectivity index (χ1v) is 5.74. The molecule has 0 aliphatic heterocycles. The second-order valence-corrected chi connectivity index (χ2v) is 4.77. The van der Waals surface area contributed by atoms with E-state index in [9.17, 15) is 4.79 Å². The van der Waals surface area contributed by atoms with E-state index < -0.39 is 5.91 Å². The summed E-state index contributed by atoms with van der Waals surface area (Å²) in [5.74, 6) is -0.550. The lowest BCUT2D eigenvalue weighted by Crippen LogP contribution is -2.16. The van der Waals surface area contributed by atoms with Crippen LogP contribution in [0.15, 0.2) is 6.20 Å². The molecule has 2 aromatic heterocycles. The summed E-state index contributed by atoms with van der Waals surface area (Å²) in [6.45, 7) is 3.82. The maximum atomic E-state index is 11.4. The Morgan fingerprint density at radius 3 is 2.69 bits per heavy atom. The molecule has 0 saturated heterocycles. The molecule has 0 aliphatic rings. The molecule has 0 radical (unpaired) electrons. The van der Waals surface area contributed by atoms with Crippen molar-refractivity contribution < 1.29 is 4.79 Å². The van der Waals surface area contributed by atoms with Crippen molar-refractivity contribution in [1.82, 2.24) is 9.38 Å². The molecule has 0 fully saturated rings. The lowest BCUT2D eigenvalue weighted by Gasteiger charge is -2.07. The highest BCUT2D eigenvalue weighted by molar-refractivity contribution is 14.1. The molecule has 2 heterocycles. The van der Waals surface area contributed by atoms with Gasteiger partial charge in [-0.2, -0.15) is 0 Å². The first-order valence-electron chi connectivity index (χ1n) is 4.66. The second kappa shape index (κ2) is 3.62. The van der Waals surface area contributed by atoms with Crippen LogP contribution in [0, 0.1) is 17.4 Å². The predicted molar refractivity (Wildman–Crippen MR) is 70.3 cm³/mol. The van der Waals surface area contributed by atoms with Crippen molar-refractivity contribution in [2.75, 3.05) is 5.73 Å². The van der Waals surface area contributed by atoms with Gasteiger partial charge in [-0.25, -0.2) is 4.98 Å². The minimum absolute atomic E-state index is 0.295. The molecular weight excluding hydrogens is 319 g/mol. The van der Waals surface area contributed by atoms with Crippen LogP contribution in [0.2, 0.25) is 0 Å². The van der Waals surface area contributed by atoms with E-state index >= 15 is 0 Å². The van der Waals surface area contributed by atoms with Crippen LogP contribution in [0.4, 0.5) is 5.69 Å². The molecule has 0 atom stereocenters. The van der Waals surface area contributed by atoms with Crippen LogP contribution < -0.4 is 11.5 Å². The van der Waals surface area contributed by atoms with E-state index in [4.69, 9.17) is 11.5 Å². The summed E-state index contributed by atoms with van der Waals surface area (Å²) in [5.41, 5.74) is 14.2. The Hall–Kier alpha value is -1.31. The number of anilines is 1. The van der Waals surface area contributed by atoms with Crippen molar-refractivity contribution in [2.24, 2.45) is 5.73 Å². The zero-order valence-electron chi connectivity index (χ0n) is 8.91. The number of carbonyl (C=O) groups excluding carboxylic acids is 1. The van der Waals surface area contributed by atoms with Crippen LogP contribution in [-0.2, 0) is 0 Å². The Balaban J connectivity index is 3.00. The number of rotatable bonds is 1. The highest BCUT2D eigenvalue weighted by Crippen LogP contribution is 2.25. The van der Waals surface area contributed by atoms with Crippen LogP contribution in [-0.4, -0.2) is 15.3 Å². The predicted octanol–water partition coefficient (Wildman–Crippen LogP) is 1.24. The third-order valence-corrected chi connectivity index (χ3v) is 3.49. The number of primary amides is 1. The first-order chi connectivity index (χ1) is 7.43. The Morgan fingerprint density at radius 1 is 1.50 bits per heavy atom. The maximum absolute atomic E-state index is 11.4. The fourth-order valence-corrected chi connectivity index (χ4v) is 2.18. The molecule has 0 bridgehead atoms. The summed E-state index contributed by atoms with van der Waals surface area (Å²) < 4.78 is 2.63. The number of aryl methyl sites for hydroxylation is 2. The van der Waals surface area contributed by atoms with Crippen LogP contribution in [0.1, 0.15) is 21.7 Å². The molecule has 0 aliphatic carbocycles. The quantitative estimate of drug-likeness (QED) is 0.771. The van der Waals surface area contributed by atoms with Gasteiger partial charge < -0.3 is 15.9 Å². The van der Waals surface area contributed by atoms with E-state index in [1.807, 2.05) is 24.4 Å². The minimum atomic E-state index is -0.550. The monoisotopic (exact) mass is 330 g/mol. The van der Waals surface area contributed by atoms with E-state index in [-0.39, 0.29) is 0 Å². The summed E-state index contributed by atoms with van der Waals surface area (Å²) in [6, 6.07) is 0. The molecule has 84 valence electrons. The Morgan fingerprint density at radius 2 is 2.12 bits per heavy atom. The molecule has 0 saturated carbocycles. The van der Waals surface area contributed by atoms with Gasteiger partial charge in [-0.1, -0.05) is 0 Å². The SMILES string of the molecule is Cc1nc2c(C(N)=O)c(N)c(I)cn2c1C. The van der Waals surface area contributed by atoms with Crippen molar-refractivity contribution >= 4 is 39.8 Å². The third kappa shape index (κ3) is 1.44. The summed E-state index contributed by atoms with van der Waals surface area (Å²) in [6.07, 6.45) is 1.85. The fraction of sp³-hybridized carbons (Fsp3) is 0.200. The Labute approximate surface area is 106 Å². The van der Waals surface area contributed by atoms with Gasteiger partial charge in [-0.15, -0.1) is 0 Å². The van der Waals surface area contributed by atoms with Gasteiger partial charge in [0.15, 0.2) is 5.65 Å². The summed E-state index contributed by atoms with van der Waals surface area (Å²) >= 11 is 2.08. The molecule has 1 amide bonds. The number of amides is 1. The van der Waals surface area contributed by atoms with Crippen molar-refractivity contribution in [3.05, 3.63) is 26.7 Å². The van der Waals surface area contributed by atoms with Gasteiger partial charge in [-0.05, 0) is 36.4 Å². The third-order valence-electron chi connectivity index (χ3n) is 2.63. The lowest BCUT2D eigenvalue weighted by atomic mass is 10.2. The van der Waals surface area contributed by atoms with Gasteiger partial charge in [0, 0.05) is 11.9 Å². The number of halogens is 1. The number of nitrogens with two attached hydrogens (primary N) is 2. The van der Waals surface area contributed by atoms with Gasteiger partial charge in [0.2, 0.25) is 0 Å². The van der Waals surface area contributed by atoms with E-state index in [1.54, 1.807) is 0 Å². The largest absolute Gasteiger partial charge is 0.397 e. The second-order valence-electron chi connectivity index (χ2n) is 3.61. The number of nitrogens with zero attached hydrogens (tertiary/aromatic N) is 2. The minimum Gasteiger partial charge on any atom is -0.397 e. The Bertz CT molecular complexity index is 603. The Kier molecular flexibility index (Phi) is 2.53.